The molecule has 0 atom stereocenters. The number of hydrogen-bond donors (Lipinski definition) is 1. The molecule has 0 amide bonds. The van der Waals surface area contributed by atoms with Gasteiger partial charge in [0.15, 0.2) is 0 Å². The summed E-state index contributed by atoms with van der Waals surface area (Å²) in [7, 11) is -5.46. The molecule has 17 heavy (non-hydrogen) atoms. The van der Waals surface area contributed by atoms with Gasteiger partial charge >= 0.3 is 15.5 Å². The molecule has 0 unspecified atom stereocenters. The molecule has 1 N–H and O–H groups in total. The molecular weight excluding hydrogens is 259 g/mol. The molecule has 1 aliphatic heterocycles. The van der Waals surface area contributed by atoms with E-state index in [0.29, 0.717) is 5.56 Å². The summed E-state index contributed by atoms with van der Waals surface area (Å²) in [5, 5.41) is 0. The lowest BCUT2D eigenvalue weighted by Gasteiger charge is -2.11. The highest BCUT2D eigenvalue weighted by Gasteiger charge is 2.46. The fourth-order valence-electron chi connectivity index (χ4n) is 1.28. The van der Waals surface area contributed by atoms with E-state index in [4.69, 9.17) is 4.42 Å². The molecule has 0 aromatic rings. The van der Waals surface area contributed by atoms with Crippen LogP contribution in [0.2, 0.25) is 0 Å². The van der Waals surface area contributed by atoms with Gasteiger partial charge in [0, 0.05) is 5.56 Å². The SMILES string of the molecule is O=S(=O)(Nc1occc2cccc1-2)C(F)(F)F. The molecule has 0 aromatic heterocycles. The largest absolute Gasteiger partial charge is 0.516 e. The fourth-order valence-corrected chi connectivity index (χ4v) is 1.80. The van der Waals surface area contributed by atoms with Gasteiger partial charge in [-0.05, 0) is 17.7 Å². The Bertz CT molecular complexity index is 602. The van der Waals surface area contributed by atoms with E-state index in [1.165, 1.54) is 16.9 Å². The Morgan fingerprint density at radius 1 is 1.18 bits per heavy atom. The quantitative estimate of drug-likeness (QED) is 0.908. The molecule has 0 fully saturated rings. The first-order chi connectivity index (χ1) is 7.81. The summed E-state index contributed by atoms with van der Waals surface area (Å²) in [6, 6.07) is 6.16. The van der Waals surface area contributed by atoms with Gasteiger partial charge in [-0.1, -0.05) is 12.1 Å². The number of anilines is 1. The van der Waals surface area contributed by atoms with Crippen molar-refractivity contribution in [1.29, 1.82) is 0 Å². The zero-order chi connectivity index (χ0) is 12.7. The number of rotatable bonds is 2. The van der Waals surface area contributed by atoms with Crippen LogP contribution in [-0.2, 0) is 10.0 Å². The van der Waals surface area contributed by atoms with E-state index in [1.54, 1.807) is 12.1 Å². The average molecular weight is 265 g/mol. The van der Waals surface area contributed by atoms with Crippen molar-refractivity contribution in [3.63, 3.8) is 0 Å². The predicted molar refractivity (Wildman–Crippen MR) is 53.9 cm³/mol. The maximum absolute atomic E-state index is 12.2. The summed E-state index contributed by atoms with van der Waals surface area (Å²) in [6.07, 6.45) is 1.11. The molecule has 8 heteroatoms. The normalized spacial score (nSPS) is 12.9. The summed E-state index contributed by atoms with van der Waals surface area (Å²) in [6.45, 7) is 0. The Balaban J connectivity index is 2.41. The first-order valence-electron chi connectivity index (χ1n) is 4.36. The van der Waals surface area contributed by atoms with E-state index in [0.717, 1.165) is 6.26 Å². The second-order valence-electron chi connectivity index (χ2n) is 3.20. The van der Waals surface area contributed by atoms with E-state index in [9.17, 15) is 21.6 Å². The minimum Gasteiger partial charge on any atom is -0.447 e. The zero-order valence-electron chi connectivity index (χ0n) is 8.15. The Kier molecular flexibility index (Phi) is 2.53. The number of halogens is 3. The van der Waals surface area contributed by atoms with Crippen molar-refractivity contribution in [3.8, 4) is 11.1 Å². The summed E-state index contributed by atoms with van der Waals surface area (Å²) >= 11 is 0. The van der Waals surface area contributed by atoms with E-state index in [1.807, 2.05) is 0 Å². The third-order valence-electron chi connectivity index (χ3n) is 2.06. The van der Waals surface area contributed by atoms with Crippen LogP contribution in [-0.4, -0.2) is 13.9 Å². The van der Waals surface area contributed by atoms with Crippen molar-refractivity contribution < 1.29 is 26.0 Å². The topological polar surface area (TPSA) is 59.3 Å². The Labute approximate surface area is 94.4 Å². The van der Waals surface area contributed by atoms with Gasteiger partial charge in [-0.15, -0.1) is 0 Å². The lowest BCUT2D eigenvalue weighted by Crippen LogP contribution is -2.30. The van der Waals surface area contributed by atoms with Crippen LogP contribution in [0.4, 0.5) is 19.1 Å². The Morgan fingerprint density at radius 2 is 1.88 bits per heavy atom. The number of alkyl halides is 3. The van der Waals surface area contributed by atoms with Crippen LogP contribution in [0.1, 0.15) is 0 Å². The summed E-state index contributed by atoms with van der Waals surface area (Å²) < 4.78 is 64.3. The third kappa shape index (κ3) is 2.07. The van der Waals surface area contributed by atoms with Crippen LogP contribution >= 0.6 is 0 Å². The van der Waals surface area contributed by atoms with Gasteiger partial charge in [-0.3, -0.25) is 0 Å². The van der Waals surface area contributed by atoms with Crippen molar-refractivity contribution in [2.24, 2.45) is 0 Å². The number of fused-ring (bicyclic) bond motifs is 1. The molecule has 0 saturated heterocycles. The molecule has 92 valence electrons. The molecule has 0 spiro atoms. The Hall–Kier alpha value is -1.70. The van der Waals surface area contributed by atoms with E-state index in [2.05, 4.69) is 0 Å². The van der Waals surface area contributed by atoms with Crippen LogP contribution in [0.25, 0.3) is 11.1 Å². The second-order valence-corrected chi connectivity index (χ2v) is 4.87. The first kappa shape index (κ1) is 11.8. The van der Waals surface area contributed by atoms with E-state index < -0.39 is 21.4 Å². The van der Waals surface area contributed by atoms with Crippen molar-refractivity contribution >= 4 is 15.9 Å². The predicted octanol–water partition coefficient (Wildman–Crippen LogP) is 2.65. The van der Waals surface area contributed by atoms with Crippen molar-refractivity contribution in [2.45, 2.75) is 5.51 Å². The smallest absolute Gasteiger partial charge is 0.447 e. The van der Waals surface area contributed by atoms with Crippen molar-refractivity contribution in [3.05, 3.63) is 30.5 Å². The number of hydrogen-bond acceptors (Lipinski definition) is 3. The molecule has 1 heterocycles. The molecule has 0 aromatic carbocycles. The average Bonchev–Trinajstić information content (AvgIpc) is 2.64. The molecule has 4 nitrogen and oxygen atoms in total. The van der Waals surface area contributed by atoms with Gasteiger partial charge in [-0.25, -0.2) is 4.72 Å². The lowest BCUT2D eigenvalue weighted by atomic mass is 10.2. The van der Waals surface area contributed by atoms with Crippen molar-refractivity contribution in [1.82, 2.24) is 0 Å². The van der Waals surface area contributed by atoms with E-state index >= 15 is 0 Å². The number of nitrogens with one attached hydrogen (secondary N) is 1. The van der Waals surface area contributed by atoms with Gasteiger partial charge < -0.3 is 4.42 Å². The highest BCUT2D eigenvalue weighted by Crippen LogP contribution is 2.33. The summed E-state index contributed by atoms with van der Waals surface area (Å²) in [5.41, 5.74) is -4.53. The highest BCUT2D eigenvalue weighted by molar-refractivity contribution is 7.93. The first-order valence-corrected chi connectivity index (χ1v) is 5.85. The molecule has 0 bridgehead atoms. The second kappa shape index (κ2) is 3.66. The third-order valence-corrected chi connectivity index (χ3v) is 3.12. The maximum atomic E-state index is 12.2. The lowest BCUT2D eigenvalue weighted by molar-refractivity contribution is -0.0429. The van der Waals surface area contributed by atoms with Crippen LogP contribution < -0.4 is 4.72 Å². The highest BCUT2D eigenvalue weighted by atomic mass is 32.2. The van der Waals surface area contributed by atoms with Gasteiger partial charge in [0.25, 0.3) is 0 Å². The minimum absolute atomic E-state index is 0.264. The van der Waals surface area contributed by atoms with Crippen LogP contribution in [0.15, 0.2) is 34.9 Å². The van der Waals surface area contributed by atoms with Crippen LogP contribution in [0.3, 0.4) is 0 Å². The molecular formula is C9H6F3NO3S. The van der Waals surface area contributed by atoms with Gasteiger partial charge in [0.2, 0.25) is 5.88 Å². The molecule has 0 radical (unpaired) electrons. The number of sulfonamides is 1. The van der Waals surface area contributed by atoms with Crippen LogP contribution in [0.5, 0.6) is 0 Å². The maximum Gasteiger partial charge on any atom is 0.516 e. The summed E-state index contributed by atoms with van der Waals surface area (Å²) in [5.74, 6) is -0.454. The molecule has 2 aliphatic rings. The zero-order valence-corrected chi connectivity index (χ0v) is 8.97. The van der Waals surface area contributed by atoms with Crippen molar-refractivity contribution in [2.75, 3.05) is 4.72 Å². The minimum atomic E-state index is -5.46. The van der Waals surface area contributed by atoms with Gasteiger partial charge in [0.1, 0.15) is 0 Å². The van der Waals surface area contributed by atoms with Gasteiger partial charge in [-0.2, -0.15) is 21.6 Å². The fraction of sp³-hybridized carbons (Fsp3) is 0.111. The molecule has 0 saturated carbocycles. The van der Waals surface area contributed by atoms with E-state index in [-0.39, 0.29) is 5.56 Å². The molecule has 2 rings (SSSR count). The Morgan fingerprint density at radius 3 is 2.53 bits per heavy atom. The standard InChI is InChI=1S/C9H6F3NO3S/c10-9(11,12)17(14,15)13-8-7-3-1-2-6(7)4-5-16-8/h1-5,13H. The summed E-state index contributed by atoms with van der Waals surface area (Å²) in [4.78, 5) is 0. The van der Waals surface area contributed by atoms with Gasteiger partial charge in [0.05, 0.1) is 6.26 Å². The van der Waals surface area contributed by atoms with Crippen LogP contribution in [0, 0.1) is 0 Å². The monoisotopic (exact) mass is 265 g/mol. The molecule has 1 aliphatic carbocycles.